The molecule has 4 nitrogen and oxygen atoms in total. The second-order valence-corrected chi connectivity index (χ2v) is 6.85. The molecule has 0 atom stereocenters. The number of hydrogen-bond donors (Lipinski definition) is 0. The van der Waals surface area contributed by atoms with Gasteiger partial charge in [0.15, 0.2) is 0 Å². The molecule has 1 heterocycles. The largest absolute Gasteiger partial charge is 0.461 e. The van der Waals surface area contributed by atoms with Crippen LogP contribution in [0.3, 0.4) is 0 Å². The molecule has 0 radical (unpaired) electrons. The summed E-state index contributed by atoms with van der Waals surface area (Å²) in [4.78, 5) is 24.7. The molecule has 1 aromatic rings. The third-order valence-electron chi connectivity index (χ3n) is 4.59. The van der Waals surface area contributed by atoms with E-state index in [2.05, 4.69) is 6.92 Å². The summed E-state index contributed by atoms with van der Waals surface area (Å²) in [7, 11) is 0. The predicted octanol–water partition coefficient (Wildman–Crippen LogP) is 5.84. The zero-order valence-electron chi connectivity index (χ0n) is 16.5. The van der Waals surface area contributed by atoms with Crippen LogP contribution in [0.15, 0.2) is 6.07 Å². The molecule has 0 bridgehead atoms. The van der Waals surface area contributed by atoms with Crippen molar-refractivity contribution in [3.05, 3.63) is 23.0 Å². The highest BCUT2D eigenvalue weighted by Gasteiger charge is 2.22. The van der Waals surface area contributed by atoms with Gasteiger partial charge in [-0.25, -0.2) is 4.79 Å². The number of esters is 1. The van der Waals surface area contributed by atoms with Crippen molar-refractivity contribution in [3.8, 4) is 0 Å². The van der Waals surface area contributed by atoms with Gasteiger partial charge in [-0.05, 0) is 38.8 Å². The molecule has 0 aromatic carbocycles. The van der Waals surface area contributed by atoms with Crippen LogP contribution in [0.5, 0.6) is 0 Å². The van der Waals surface area contributed by atoms with E-state index >= 15 is 0 Å². The summed E-state index contributed by atoms with van der Waals surface area (Å²) < 4.78 is 6.64. The topological polar surface area (TPSA) is 48.3 Å². The van der Waals surface area contributed by atoms with Gasteiger partial charge in [0.05, 0.1) is 6.61 Å². The zero-order valence-corrected chi connectivity index (χ0v) is 16.5. The summed E-state index contributed by atoms with van der Waals surface area (Å²) in [5.41, 5.74) is 2.00. The second kappa shape index (κ2) is 11.9. The van der Waals surface area contributed by atoms with Crippen molar-refractivity contribution in [1.29, 1.82) is 0 Å². The molecular formula is C21H35NO3. The van der Waals surface area contributed by atoms with Crippen LogP contribution < -0.4 is 0 Å². The van der Waals surface area contributed by atoms with Gasteiger partial charge < -0.3 is 4.74 Å². The highest BCUT2D eigenvalue weighted by atomic mass is 16.5. The lowest BCUT2D eigenvalue weighted by Crippen LogP contribution is -2.20. The van der Waals surface area contributed by atoms with E-state index in [1.54, 1.807) is 6.92 Å². The van der Waals surface area contributed by atoms with Crippen LogP contribution in [0.2, 0.25) is 0 Å². The summed E-state index contributed by atoms with van der Waals surface area (Å²) in [6, 6.07) is 1.88. The van der Waals surface area contributed by atoms with Crippen molar-refractivity contribution < 1.29 is 14.3 Å². The molecule has 1 aromatic heterocycles. The minimum absolute atomic E-state index is 0.00315. The molecule has 0 unspecified atom stereocenters. The van der Waals surface area contributed by atoms with Gasteiger partial charge in [0.25, 0.3) is 0 Å². The monoisotopic (exact) mass is 349 g/mol. The van der Waals surface area contributed by atoms with Crippen molar-refractivity contribution >= 4 is 11.9 Å². The van der Waals surface area contributed by atoms with E-state index in [9.17, 15) is 9.59 Å². The van der Waals surface area contributed by atoms with Crippen molar-refractivity contribution in [2.75, 3.05) is 6.61 Å². The van der Waals surface area contributed by atoms with Gasteiger partial charge in [-0.1, -0.05) is 58.3 Å². The van der Waals surface area contributed by atoms with Crippen LogP contribution in [0.25, 0.3) is 0 Å². The van der Waals surface area contributed by atoms with Crippen LogP contribution in [-0.2, 0) is 4.74 Å². The van der Waals surface area contributed by atoms with E-state index in [0.717, 1.165) is 24.1 Å². The summed E-state index contributed by atoms with van der Waals surface area (Å²) in [5, 5.41) is 0. The number of aryl methyl sites for hydroxylation is 2. The van der Waals surface area contributed by atoms with E-state index in [4.69, 9.17) is 4.74 Å². The zero-order chi connectivity index (χ0) is 18.7. The van der Waals surface area contributed by atoms with Crippen molar-refractivity contribution in [3.63, 3.8) is 0 Å². The quantitative estimate of drug-likeness (QED) is 0.352. The fourth-order valence-corrected chi connectivity index (χ4v) is 3.27. The number of aromatic nitrogens is 1. The lowest BCUT2D eigenvalue weighted by atomic mass is 10.1. The second-order valence-electron chi connectivity index (χ2n) is 6.85. The standard InChI is InChI=1S/C21H35NO3/c1-5-7-8-9-10-11-12-13-14-15-19(23)22-18(4)16-17(3)20(22)21(24)25-6-2/h16H,5-15H2,1-4H3. The molecule has 0 aliphatic heterocycles. The normalized spacial score (nSPS) is 10.9. The molecule has 0 saturated carbocycles. The number of carbonyl (C=O) groups excluding carboxylic acids is 2. The van der Waals surface area contributed by atoms with E-state index in [1.807, 2.05) is 19.9 Å². The van der Waals surface area contributed by atoms with E-state index in [1.165, 1.54) is 49.5 Å². The Bertz CT molecular complexity index is 546. The Labute approximate surface area is 152 Å². The molecule has 1 rings (SSSR count). The van der Waals surface area contributed by atoms with Gasteiger partial charge in [0, 0.05) is 12.1 Å². The Kier molecular flexibility index (Phi) is 10.2. The summed E-state index contributed by atoms with van der Waals surface area (Å²) in [6.45, 7) is 8.04. The molecule has 0 spiro atoms. The summed E-state index contributed by atoms with van der Waals surface area (Å²) in [6.07, 6.45) is 11.5. The average Bonchev–Trinajstić information content (AvgIpc) is 2.87. The smallest absolute Gasteiger partial charge is 0.355 e. The van der Waals surface area contributed by atoms with Crippen LogP contribution in [-0.4, -0.2) is 23.1 Å². The van der Waals surface area contributed by atoms with E-state index < -0.39 is 5.97 Å². The number of nitrogens with zero attached hydrogens (tertiary/aromatic N) is 1. The fraction of sp³-hybridized carbons (Fsp3) is 0.714. The highest BCUT2D eigenvalue weighted by Crippen LogP contribution is 2.18. The van der Waals surface area contributed by atoms with Crippen LogP contribution in [0.1, 0.15) is 105 Å². The predicted molar refractivity (Wildman–Crippen MR) is 102 cm³/mol. The lowest BCUT2D eigenvalue weighted by Gasteiger charge is -2.10. The minimum atomic E-state index is -0.409. The number of unbranched alkanes of at least 4 members (excludes halogenated alkanes) is 8. The van der Waals surface area contributed by atoms with Crippen molar-refractivity contribution in [2.45, 2.75) is 91.9 Å². The maximum Gasteiger partial charge on any atom is 0.355 e. The molecule has 25 heavy (non-hydrogen) atoms. The van der Waals surface area contributed by atoms with Crippen molar-refractivity contribution in [2.24, 2.45) is 0 Å². The highest BCUT2D eigenvalue weighted by molar-refractivity contribution is 5.95. The molecular weight excluding hydrogens is 314 g/mol. The minimum Gasteiger partial charge on any atom is -0.461 e. The molecule has 0 saturated heterocycles. The molecule has 0 aliphatic rings. The van der Waals surface area contributed by atoms with Crippen LogP contribution in [0, 0.1) is 13.8 Å². The summed E-state index contributed by atoms with van der Waals surface area (Å²) in [5.74, 6) is -0.412. The van der Waals surface area contributed by atoms with Crippen molar-refractivity contribution in [1.82, 2.24) is 4.57 Å². The molecule has 0 amide bonds. The SMILES string of the molecule is CCCCCCCCCCCC(=O)n1c(C)cc(C)c1C(=O)OCC. The Morgan fingerprint density at radius 2 is 1.48 bits per heavy atom. The number of ether oxygens (including phenoxy) is 1. The number of hydrogen-bond acceptors (Lipinski definition) is 3. The van der Waals surface area contributed by atoms with Gasteiger partial charge in [0.1, 0.15) is 5.69 Å². The lowest BCUT2D eigenvalue weighted by molar-refractivity contribution is 0.0506. The maximum absolute atomic E-state index is 12.6. The molecule has 4 heteroatoms. The Morgan fingerprint density at radius 3 is 2.04 bits per heavy atom. The Balaban J connectivity index is 2.41. The van der Waals surface area contributed by atoms with E-state index in [-0.39, 0.29) is 5.91 Å². The fourth-order valence-electron chi connectivity index (χ4n) is 3.27. The van der Waals surface area contributed by atoms with Gasteiger partial charge in [-0.2, -0.15) is 0 Å². The van der Waals surface area contributed by atoms with Gasteiger partial charge in [0.2, 0.25) is 5.91 Å². The van der Waals surface area contributed by atoms with Gasteiger partial charge in [-0.15, -0.1) is 0 Å². The van der Waals surface area contributed by atoms with Gasteiger partial charge >= 0.3 is 5.97 Å². The molecule has 0 fully saturated rings. The number of rotatable bonds is 12. The maximum atomic E-state index is 12.6. The first-order valence-corrected chi connectivity index (χ1v) is 9.92. The molecule has 142 valence electrons. The molecule has 0 N–H and O–H groups in total. The van der Waals surface area contributed by atoms with Crippen LogP contribution >= 0.6 is 0 Å². The first-order chi connectivity index (χ1) is 12.0. The average molecular weight is 350 g/mol. The third-order valence-corrected chi connectivity index (χ3v) is 4.59. The number of carbonyl (C=O) groups is 2. The third kappa shape index (κ3) is 7.05. The Hall–Kier alpha value is -1.58. The Morgan fingerprint density at radius 1 is 0.920 bits per heavy atom. The van der Waals surface area contributed by atoms with E-state index in [0.29, 0.717) is 18.7 Å². The van der Waals surface area contributed by atoms with Crippen LogP contribution in [0.4, 0.5) is 0 Å². The van der Waals surface area contributed by atoms with Gasteiger partial charge in [-0.3, -0.25) is 9.36 Å². The first-order valence-electron chi connectivity index (χ1n) is 9.92. The molecule has 0 aliphatic carbocycles. The summed E-state index contributed by atoms with van der Waals surface area (Å²) >= 11 is 0. The first kappa shape index (κ1) is 21.5.